The summed E-state index contributed by atoms with van der Waals surface area (Å²) >= 11 is 0. The fraction of sp³-hybridized carbons (Fsp3) is 0.639. The van der Waals surface area contributed by atoms with Gasteiger partial charge in [-0.3, -0.25) is 9.59 Å². The lowest BCUT2D eigenvalue weighted by Crippen LogP contribution is -2.30. The van der Waals surface area contributed by atoms with Crippen molar-refractivity contribution in [1.29, 1.82) is 0 Å². The second-order valence-electron chi connectivity index (χ2n) is 17.4. The van der Waals surface area contributed by atoms with Gasteiger partial charge in [0.15, 0.2) is 6.10 Å². The average molecular weight is 913 g/mol. The van der Waals surface area contributed by atoms with E-state index < -0.39 is 6.10 Å². The lowest BCUT2D eigenvalue weighted by atomic mass is 10.1. The van der Waals surface area contributed by atoms with Crippen LogP contribution in [0.25, 0.3) is 0 Å². The monoisotopic (exact) mass is 913 g/mol. The van der Waals surface area contributed by atoms with Crippen molar-refractivity contribution >= 4 is 11.9 Å². The highest BCUT2D eigenvalue weighted by Crippen LogP contribution is 2.12. The number of carbonyl (C=O) groups excluding carboxylic acids is 2. The van der Waals surface area contributed by atoms with Crippen LogP contribution in [0, 0.1) is 0 Å². The van der Waals surface area contributed by atoms with Crippen molar-refractivity contribution in [3.05, 3.63) is 122 Å². The highest BCUT2D eigenvalue weighted by Gasteiger charge is 2.17. The molecule has 0 saturated heterocycles. The number of hydrogen-bond acceptors (Lipinski definition) is 5. The van der Waals surface area contributed by atoms with Gasteiger partial charge in [0.25, 0.3) is 0 Å². The van der Waals surface area contributed by atoms with Crippen molar-refractivity contribution in [3.8, 4) is 0 Å². The predicted octanol–water partition coefficient (Wildman–Crippen LogP) is 18.6. The van der Waals surface area contributed by atoms with Crippen molar-refractivity contribution in [2.24, 2.45) is 0 Å². The van der Waals surface area contributed by atoms with Gasteiger partial charge < -0.3 is 14.2 Å². The molecule has 0 saturated carbocycles. The summed E-state index contributed by atoms with van der Waals surface area (Å²) in [6.45, 7) is 7.48. The van der Waals surface area contributed by atoms with Crippen LogP contribution in [0.5, 0.6) is 0 Å². The van der Waals surface area contributed by atoms with Crippen LogP contribution < -0.4 is 0 Å². The van der Waals surface area contributed by atoms with Crippen LogP contribution in [0.2, 0.25) is 0 Å². The van der Waals surface area contributed by atoms with Crippen molar-refractivity contribution in [1.82, 2.24) is 0 Å². The first-order valence-corrected chi connectivity index (χ1v) is 27.1. The Balaban J connectivity index is 4.37. The summed E-state index contributed by atoms with van der Waals surface area (Å²) in [6.07, 6.45) is 77.8. The Bertz CT molecular complexity index is 1350. The molecule has 66 heavy (non-hydrogen) atoms. The van der Waals surface area contributed by atoms with E-state index in [1.165, 1.54) is 64.2 Å². The van der Waals surface area contributed by atoms with Crippen molar-refractivity contribution in [2.45, 2.75) is 232 Å². The van der Waals surface area contributed by atoms with Gasteiger partial charge in [0.2, 0.25) is 0 Å². The van der Waals surface area contributed by atoms with Gasteiger partial charge in [-0.05, 0) is 128 Å². The van der Waals surface area contributed by atoms with E-state index in [0.29, 0.717) is 19.4 Å². The molecule has 0 aliphatic carbocycles. The zero-order valence-electron chi connectivity index (χ0n) is 42.9. The van der Waals surface area contributed by atoms with Crippen molar-refractivity contribution in [3.63, 3.8) is 0 Å². The molecule has 0 bridgehead atoms. The molecule has 1 atom stereocenters. The number of rotatable bonds is 48. The maximum absolute atomic E-state index is 12.8. The summed E-state index contributed by atoms with van der Waals surface area (Å²) in [4.78, 5) is 25.4. The molecule has 1 unspecified atom stereocenters. The van der Waals surface area contributed by atoms with Crippen molar-refractivity contribution in [2.75, 3.05) is 19.8 Å². The molecule has 5 heteroatoms. The summed E-state index contributed by atoms with van der Waals surface area (Å²) in [5.41, 5.74) is 0. The van der Waals surface area contributed by atoms with Crippen molar-refractivity contribution < 1.29 is 23.8 Å². The minimum atomic E-state index is -0.576. The summed E-state index contributed by atoms with van der Waals surface area (Å²) in [5.74, 6) is -0.471. The molecule has 0 radical (unpaired) electrons. The maximum Gasteiger partial charge on any atom is 0.306 e. The third-order valence-electron chi connectivity index (χ3n) is 11.0. The molecule has 0 aliphatic heterocycles. The smallest absolute Gasteiger partial charge is 0.306 e. The largest absolute Gasteiger partial charge is 0.462 e. The lowest BCUT2D eigenvalue weighted by molar-refractivity contribution is -0.163. The van der Waals surface area contributed by atoms with E-state index in [4.69, 9.17) is 14.2 Å². The molecule has 0 rings (SSSR count). The van der Waals surface area contributed by atoms with E-state index in [0.717, 1.165) is 128 Å². The summed E-state index contributed by atoms with van der Waals surface area (Å²) in [5, 5.41) is 0. The molecule has 374 valence electrons. The van der Waals surface area contributed by atoms with Crippen LogP contribution in [0.3, 0.4) is 0 Å². The van der Waals surface area contributed by atoms with Gasteiger partial charge in [0, 0.05) is 19.4 Å². The first kappa shape index (κ1) is 62.3. The zero-order valence-corrected chi connectivity index (χ0v) is 42.9. The molecule has 0 fully saturated rings. The molecule has 0 aliphatic rings. The fourth-order valence-corrected chi connectivity index (χ4v) is 6.99. The second-order valence-corrected chi connectivity index (χ2v) is 17.4. The van der Waals surface area contributed by atoms with Crippen LogP contribution in [0.1, 0.15) is 226 Å². The predicted molar refractivity (Wildman–Crippen MR) is 288 cm³/mol. The first-order chi connectivity index (χ1) is 32.6. The van der Waals surface area contributed by atoms with Gasteiger partial charge >= 0.3 is 11.9 Å². The molecule has 0 aromatic carbocycles. The van der Waals surface area contributed by atoms with E-state index in [9.17, 15) is 9.59 Å². The number of unbranched alkanes of at least 4 members (excludes halogenated alkanes) is 17. The minimum absolute atomic E-state index is 0.0489. The quantitative estimate of drug-likeness (QED) is 0.0346. The Morgan fingerprint density at radius 1 is 0.348 bits per heavy atom. The number of carbonyl (C=O) groups is 2. The number of esters is 2. The third kappa shape index (κ3) is 52.9. The van der Waals surface area contributed by atoms with E-state index >= 15 is 0 Å². The molecular weight excluding hydrogens is 813 g/mol. The van der Waals surface area contributed by atoms with Gasteiger partial charge in [0.1, 0.15) is 6.61 Å². The van der Waals surface area contributed by atoms with Gasteiger partial charge in [-0.15, -0.1) is 0 Å². The fourth-order valence-electron chi connectivity index (χ4n) is 6.99. The number of hydrogen-bond donors (Lipinski definition) is 0. The Hall–Kier alpha value is -3.70. The number of allylic oxidation sites excluding steroid dienone is 20. The Morgan fingerprint density at radius 3 is 1.11 bits per heavy atom. The van der Waals surface area contributed by atoms with Gasteiger partial charge in [-0.25, -0.2) is 0 Å². The highest BCUT2D eigenvalue weighted by atomic mass is 16.6. The molecule has 0 amide bonds. The van der Waals surface area contributed by atoms with E-state index in [1.54, 1.807) is 0 Å². The maximum atomic E-state index is 12.8. The minimum Gasteiger partial charge on any atom is -0.462 e. The van der Waals surface area contributed by atoms with Gasteiger partial charge in [-0.2, -0.15) is 0 Å². The summed E-state index contributed by atoms with van der Waals surface area (Å²) in [7, 11) is 0. The molecule has 0 spiro atoms. The van der Waals surface area contributed by atoms with Crippen LogP contribution in [0.15, 0.2) is 122 Å². The molecule has 0 aromatic heterocycles. The van der Waals surface area contributed by atoms with Gasteiger partial charge in [-0.1, -0.05) is 206 Å². The molecule has 0 aromatic rings. The third-order valence-corrected chi connectivity index (χ3v) is 11.0. The summed E-state index contributed by atoms with van der Waals surface area (Å²) in [6, 6.07) is 0. The molecule has 0 heterocycles. The standard InChI is InChI=1S/C61H100O5/c1-4-7-10-13-16-19-22-25-27-29-30-31-33-35-38-41-44-47-50-53-56-64-57-59(66-61(63)55-52-49-46-43-40-36-24-21-18-15-12-9-6-3)58-65-60(62)54-51-48-45-42-39-37-34-32-28-26-23-20-17-14-11-8-5-2/h8-9,11-12,16-21,25-28,30-31,34,36-37,40,59H,4-7,10,13-15,22-24,29,32-33,35,38-39,41-58H2,1-3H3/b11-8-,12-9-,19-16-,20-17-,21-18-,27-25-,28-26-,31-30-,37-34-,40-36-. The van der Waals surface area contributed by atoms with Gasteiger partial charge in [0.05, 0.1) is 6.61 Å². The highest BCUT2D eigenvalue weighted by molar-refractivity contribution is 5.70. The van der Waals surface area contributed by atoms with E-state index in [-0.39, 0.29) is 25.2 Å². The van der Waals surface area contributed by atoms with Crippen LogP contribution >= 0.6 is 0 Å². The Morgan fingerprint density at radius 2 is 0.682 bits per heavy atom. The zero-order chi connectivity index (χ0) is 47.7. The van der Waals surface area contributed by atoms with E-state index in [2.05, 4.69) is 142 Å². The summed E-state index contributed by atoms with van der Waals surface area (Å²) < 4.78 is 17.4. The van der Waals surface area contributed by atoms with Crippen LogP contribution in [-0.2, 0) is 23.8 Å². The topological polar surface area (TPSA) is 61.8 Å². The molecule has 0 N–H and O–H groups in total. The normalized spacial score (nSPS) is 13.2. The molecular formula is C61H100O5. The SMILES string of the molecule is CC/C=C\C/C=C\C/C=C\C/C=C\CCCCCCC(=O)OCC(COCCCCCCCCC/C=C\C/C=C\C/C=C\CCCCC)OC(=O)CCCCC/C=C\C/C=C\C/C=C\CC. The Labute approximate surface area is 407 Å². The van der Waals surface area contributed by atoms with E-state index in [1.807, 2.05) is 0 Å². The number of ether oxygens (including phenoxy) is 3. The first-order valence-electron chi connectivity index (χ1n) is 27.1. The van der Waals surface area contributed by atoms with Crippen LogP contribution in [-0.4, -0.2) is 37.9 Å². The molecule has 5 nitrogen and oxygen atoms in total. The second kappa shape index (κ2) is 55.6. The van der Waals surface area contributed by atoms with Crippen LogP contribution in [0.4, 0.5) is 0 Å². The average Bonchev–Trinajstić information content (AvgIpc) is 3.32. The Kier molecular flexibility index (Phi) is 52.5. The lowest BCUT2D eigenvalue weighted by Gasteiger charge is -2.18.